The highest BCUT2D eigenvalue weighted by Crippen LogP contribution is 2.29. The van der Waals surface area contributed by atoms with Crippen molar-refractivity contribution in [3.05, 3.63) is 86.7 Å². The minimum atomic E-state index is -1.16. The molecule has 1 aromatic heterocycles. The molecule has 1 amide bonds. The van der Waals surface area contributed by atoms with E-state index in [0.717, 1.165) is 22.5 Å². The molecule has 0 bridgehead atoms. The van der Waals surface area contributed by atoms with E-state index in [9.17, 15) is 19.7 Å². The quantitative estimate of drug-likeness (QED) is 0.204. The van der Waals surface area contributed by atoms with Crippen LogP contribution in [0.4, 0.5) is 11.4 Å². The van der Waals surface area contributed by atoms with Gasteiger partial charge in [0.2, 0.25) is 0 Å². The number of benzene rings is 2. The van der Waals surface area contributed by atoms with Crippen molar-refractivity contribution >= 4 is 29.3 Å². The standard InChI is InChI=1S/C26H28N4O6/c1-16-6-8-20(9-7-16)15-29-18(3)22(17(2)28-29)11-13-25(31)36-19(4)26(32)27-23-14-21(30(33)34)10-12-24(23)35-5/h6-14,19H,15H2,1-5H3,(H,27,32)/b13-11+. The number of carbonyl (C=O) groups excluding carboxylic acids is 2. The maximum Gasteiger partial charge on any atom is 0.331 e. The fourth-order valence-electron chi connectivity index (χ4n) is 3.53. The van der Waals surface area contributed by atoms with Crippen molar-refractivity contribution in [3.8, 4) is 5.75 Å². The van der Waals surface area contributed by atoms with Crippen LogP contribution < -0.4 is 10.1 Å². The van der Waals surface area contributed by atoms with E-state index < -0.39 is 22.9 Å². The van der Waals surface area contributed by atoms with Gasteiger partial charge in [-0.2, -0.15) is 5.10 Å². The molecule has 1 heterocycles. The van der Waals surface area contributed by atoms with Crippen molar-refractivity contribution in [1.82, 2.24) is 9.78 Å². The number of ether oxygens (including phenoxy) is 2. The highest BCUT2D eigenvalue weighted by atomic mass is 16.6. The summed E-state index contributed by atoms with van der Waals surface area (Å²) < 4.78 is 12.2. The van der Waals surface area contributed by atoms with Gasteiger partial charge in [0.05, 0.1) is 30.0 Å². The van der Waals surface area contributed by atoms with E-state index in [1.54, 1.807) is 6.08 Å². The number of aromatic nitrogens is 2. The van der Waals surface area contributed by atoms with Crippen LogP contribution in [0.25, 0.3) is 6.08 Å². The highest BCUT2D eigenvalue weighted by molar-refractivity contribution is 5.98. The molecule has 10 nitrogen and oxygen atoms in total. The van der Waals surface area contributed by atoms with Crippen LogP contribution in [0.1, 0.15) is 35.0 Å². The van der Waals surface area contributed by atoms with Crippen molar-refractivity contribution in [1.29, 1.82) is 0 Å². The van der Waals surface area contributed by atoms with Crippen LogP contribution >= 0.6 is 0 Å². The number of nitrogens with one attached hydrogen (secondary N) is 1. The van der Waals surface area contributed by atoms with Gasteiger partial charge in [0, 0.05) is 29.5 Å². The number of methoxy groups -OCH3 is 1. The summed E-state index contributed by atoms with van der Waals surface area (Å²) in [7, 11) is 1.37. The third kappa shape index (κ3) is 6.35. The normalized spacial score (nSPS) is 11.8. The summed E-state index contributed by atoms with van der Waals surface area (Å²) in [6.45, 7) is 7.81. The number of rotatable bonds is 9. The molecule has 1 N–H and O–H groups in total. The van der Waals surface area contributed by atoms with Crippen molar-refractivity contribution in [3.63, 3.8) is 0 Å². The molecule has 0 aliphatic rings. The number of non-ortho nitro benzene ring substituents is 1. The van der Waals surface area contributed by atoms with Gasteiger partial charge >= 0.3 is 5.97 Å². The number of hydrogen-bond donors (Lipinski definition) is 1. The van der Waals surface area contributed by atoms with Crippen LogP contribution in [0.3, 0.4) is 0 Å². The molecule has 0 saturated carbocycles. The number of hydrogen-bond acceptors (Lipinski definition) is 7. The maximum atomic E-state index is 12.5. The summed E-state index contributed by atoms with van der Waals surface area (Å²) in [5.74, 6) is -1.14. The lowest BCUT2D eigenvalue weighted by molar-refractivity contribution is -0.384. The minimum absolute atomic E-state index is 0.0994. The topological polar surface area (TPSA) is 126 Å². The van der Waals surface area contributed by atoms with E-state index in [2.05, 4.69) is 10.4 Å². The largest absolute Gasteiger partial charge is 0.495 e. The molecule has 10 heteroatoms. The summed E-state index contributed by atoms with van der Waals surface area (Å²) in [4.78, 5) is 35.3. The van der Waals surface area contributed by atoms with Gasteiger partial charge < -0.3 is 14.8 Å². The zero-order valence-electron chi connectivity index (χ0n) is 20.8. The van der Waals surface area contributed by atoms with E-state index in [-0.39, 0.29) is 17.1 Å². The molecular formula is C26H28N4O6. The number of anilines is 1. The first-order valence-electron chi connectivity index (χ1n) is 11.2. The van der Waals surface area contributed by atoms with Crippen LogP contribution in [0.5, 0.6) is 5.75 Å². The van der Waals surface area contributed by atoms with Gasteiger partial charge in [-0.05, 0) is 45.4 Å². The van der Waals surface area contributed by atoms with E-state index in [0.29, 0.717) is 6.54 Å². The molecule has 3 rings (SSSR count). The molecule has 0 saturated heterocycles. The zero-order valence-corrected chi connectivity index (χ0v) is 20.8. The first-order chi connectivity index (χ1) is 17.1. The number of nitrogens with zero attached hydrogens (tertiary/aromatic N) is 3. The predicted octanol–water partition coefficient (Wildman–Crippen LogP) is 4.36. The van der Waals surface area contributed by atoms with E-state index in [1.807, 2.05) is 49.7 Å². The van der Waals surface area contributed by atoms with Gasteiger partial charge in [0.25, 0.3) is 11.6 Å². The third-order valence-corrected chi connectivity index (χ3v) is 5.59. The Morgan fingerprint density at radius 3 is 2.50 bits per heavy atom. The van der Waals surface area contributed by atoms with Gasteiger partial charge in [-0.25, -0.2) is 4.79 Å². The lowest BCUT2D eigenvalue weighted by Gasteiger charge is -2.14. The zero-order chi connectivity index (χ0) is 26.4. The van der Waals surface area contributed by atoms with Crippen LogP contribution in [0, 0.1) is 30.9 Å². The van der Waals surface area contributed by atoms with E-state index >= 15 is 0 Å². The fourth-order valence-corrected chi connectivity index (χ4v) is 3.53. The molecule has 1 atom stereocenters. The Bertz CT molecular complexity index is 1310. The third-order valence-electron chi connectivity index (χ3n) is 5.59. The molecule has 1 unspecified atom stereocenters. The molecule has 0 radical (unpaired) electrons. The number of nitro groups is 1. The Morgan fingerprint density at radius 2 is 1.86 bits per heavy atom. The molecule has 0 spiro atoms. The van der Waals surface area contributed by atoms with Gasteiger partial charge in [0.15, 0.2) is 6.10 Å². The van der Waals surface area contributed by atoms with Gasteiger partial charge in [-0.3, -0.25) is 19.6 Å². The number of aryl methyl sites for hydroxylation is 2. The highest BCUT2D eigenvalue weighted by Gasteiger charge is 2.20. The van der Waals surface area contributed by atoms with Crippen LogP contribution in [0.2, 0.25) is 0 Å². The number of esters is 1. The number of amides is 1. The van der Waals surface area contributed by atoms with Crippen molar-refractivity contribution < 1.29 is 24.0 Å². The predicted molar refractivity (Wildman–Crippen MR) is 135 cm³/mol. The lowest BCUT2D eigenvalue weighted by Crippen LogP contribution is -2.29. The number of nitro benzene ring substituents is 1. The first kappa shape index (κ1) is 26.1. The SMILES string of the molecule is COc1ccc([N+](=O)[O-])cc1NC(=O)C(C)OC(=O)/C=C/c1c(C)nn(Cc2ccc(C)cc2)c1C. The lowest BCUT2D eigenvalue weighted by atomic mass is 10.1. The van der Waals surface area contributed by atoms with Gasteiger partial charge in [-0.15, -0.1) is 0 Å². The summed E-state index contributed by atoms with van der Waals surface area (Å²) in [6, 6.07) is 12.0. The van der Waals surface area contributed by atoms with Crippen LogP contribution in [-0.2, 0) is 20.9 Å². The second-order valence-corrected chi connectivity index (χ2v) is 8.27. The molecule has 0 aliphatic heterocycles. The van der Waals surface area contributed by atoms with Crippen molar-refractivity contribution in [2.75, 3.05) is 12.4 Å². The Labute approximate surface area is 208 Å². The second kappa shape index (κ2) is 11.3. The fraction of sp³-hybridized carbons (Fsp3) is 0.269. The molecule has 0 fully saturated rings. The Kier molecular flexibility index (Phi) is 8.21. The second-order valence-electron chi connectivity index (χ2n) is 8.27. The average Bonchev–Trinajstić information content (AvgIpc) is 3.10. The average molecular weight is 493 g/mol. The van der Waals surface area contributed by atoms with Gasteiger partial charge in [0.1, 0.15) is 5.75 Å². The van der Waals surface area contributed by atoms with Crippen molar-refractivity contribution in [2.45, 2.75) is 40.3 Å². The van der Waals surface area contributed by atoms with Gasteiger partial charge in [-0.1, -0.05) is 29.8 Å². The molecule has 36 heavy (non-hydrogen) atoms. The molecule has 3 aromatic rings. The summed E-state index contributed by atoms with van der Waals surface area (Å²) >= 11 is 0. The minimum Gasteiger partial charge on any atom is -0.495 e. The molecule has 0 aliphatic carbocycles. The molecule has 2 aromatic carbocycles. The Hall–Kier alpha value is -4.47. The number of carbonyl (C=O) groups is 2. The summed E-state index contributed by atoms with van der Waals surface area (Å²) in [6.07, 6.45) is 1.70. The Balaban J connectivity index is 1.64. The smallest absolute Gasteiger partial charge is 0.331 e. The Morgan fingerprint density at radius 1 is 1.17 bits per heavy atom. The van der Waals surface area contributed by atoms with E-state index in [4.69, 9.17) is 9.47 Å². The first-order valence-corrected chi connectivity index (χ1v) is 11.2. The summed E-state index contributed by atoms with van der Waals surface area (Å²) in [5, 5.41) is 18.1. The monoisotopic (exact) mass is 492 g/mol. The molecule has 188 valence electrons. The van der Waals surface area contributed by atoms with Crippen molar-refractivity contribution in [2.24, 2.45) is 0 Å². The van der Waals surface area contributed by atoms with Crippen LogP contribution in [0.15, 0.2) is 48.5 Å². The van der Waals surface area contributed by atoms with E-state index in [1.165, 1.54) is 43.9 Å². The summed E-state index contributed by atoms with van der Waals surface area (Å²) in [5.41, 5.74) is 4.61. The van der Waals surface area contributed by atoms with Crippen LogP contribution in [-0.4, -0.2) is 39.8 Å². The maximum absolute atomic E-state index is 12.5. The molecular weight excluding hydrogens is 464 g/mol.